The van der Waals surface area contributed by atoms with E-state index in [0.717, 1.165) is 28.7 Å². The minimum atomic E-state index is 0. The van der Waals surface area contributed by atoms with Gasteiger partial charge in [-0.15, -0.1) is 0 Å². The summed E-state index contributed by atoms with van der Waals surface area (Å²) in [4.78, 5) is 0. The second kappa shape index (κ2) is 25.5. The van der Waals surface area contributed by atoms with E-state index in [2.05, 4.69) is 207 Å². The van der Waals surface area contributed by atoms with Gasteiger partial charge in [0.1, 0.15) is 17.3 Å². The molecule has 0 saturated carbocycles. The molecule has 57 heavy (non-hydrogen) atoms. The van der Waals surface area contributed by atoms with E-state index in [-0.39, 0.29) is 7.43 Å². The Hall–Kier alpha value is -3.81. The Kier molecular flexibility index (Phi) is 23.8. The molecule has 0 amide bonds. The van der Waals surface area contributed by atoms with Gasteiger partial charge in [0, 0.05) is 60.7 Å². The van der Waals surface area contributed by atoms with E-state index < -0.39 is 0 Å². The van der Waals surface area contributed by atoms with Crippen LogP contribution in [0.2, 0.25) is 0 Å². The van der Waals surface area contributed by atoms with Crippen molar-refractivity contribution in [2.75, 3.05) is 0 Å². The molecule has 0 saturated heterocycles. The topological polar surface area (TPSA) is 90.6 Å². The smallest absolute Gasteiger partial charge is 0.139 e. The Morgan fingerprint density at radius 1 is 0.526 bits per heavy atom. The number of nitrogens with zero attached hydrogens (tertiary/aromatic N) is 5. The van der Waals surface area contributed by atoms with E-state index in [0.29, 0.717) is 59.3 Å². The number of hydrogen-bond acceptors (Lipinski definition) is 5. The van der Waals surface area contributed by atoms with Crippen molar-refractivity contribution in [3.8, 4) is 0 Å². The summed E-state index contributed by atoms with van der Waals surface area (Å²) >= 11 is 0. The quantitative estimate of drug-likeness (QED) is 0.152. The van der Waals surface area contributed by atoms with Gasteiger partial charge in [-0.2, -0.15) is 10.2 Å². The average molecular weight is 791 g/mol. The number of aromatic nitrogens is 6. The molecule has 0 aliphatic heterocycles. The first kappa shape index (κ1) is 53.2. The van der Waals surface area contributed by atoms with Gasteiger partial charge in [0.2, 0.25) is 0 Å². The molecule has 0 fully saturated rings. The van der Waals surface area contributed by atoms with Crippen LogP contribution in [0.25, 0.3) is 0 Å². The zero-order valence-electron chi connectivity index (χ0n) is 39.4. The Labute approximate surface area is 350 Å². The summed E-state index contributed by atoms with van der Waals surface area (Å²) in [5.41, 5.74) is 7.50. The Bertz CT molecular complexity index is 1460. The minimum absolute atomic E-state index is 0. The van der Waals surface area contributed by atoms with E-state index >= 15 is 0 Å². The Balaban J connectivity index is 0.000000685. The highest BCUT2D eigenvalue weighted by atomic mass is 16.5. The van der Waals surface area contributed by atoms with Gasteiger partial charge in [-0.25, -0.2) is 0 Å². The first-order chi connectivity index (χ1) is 26.0. The SMILES string of the molecule is C.CC(C)c1cc(C(C)C)[nH]n1.CC(C)c1cc(C(C)C)n(C)c1.CC(C)c1cc(C(C)C)on1.CC(C)c1ccc(C(C)C)o1.CC(C)c1ccn(C(C)C)n1. The van der Waals surface area contributed by atoms with Crippen molar-refractivity contribution in [3.63, 3.8) is 0 Å². The standard InChI is InChI=1S/C11H19N.C10H16O.2C9H16N2.C9H15NO.CH4/c1-8(2)10-6-11(9(3)4)12(5)7-10;1-7(2)9-5-6-10(11-9)8(3)4;1-7(2)9-5-6-11(10-9)8(3)4;2*1-6(2)8-5-9(7(3)4)11-10-8;/h6-9H,1-5H3;2*5-8H,1-4H3;5-7H,1-4H3,(H,10,11);5-7H,1-4H3;1H4. The molecule has 0 unspecified atom stereocenters. The van der Waals surface area contributed by atoms with E-state index in [1.807, 2.05) is 16.9 Å². The summed E-state index contributed by atoms with van der Waals surface area (Å²) < 4.78 is 15.0. The van der Waals surface area contributed by atoms with E-state index in [1.165, 1.54) is 22.6 Å². The Morgan fingerprint density at radius 2 is 1.04 bits per heavy atom. The van der Waals surface area contributed by atoms with E-state index in [1.54, 1.807) is 0 Å². The highest BCUT2D eigenvalue weighted by Gasteiger charge is 2.11. The lowest BCUT2D eigenvalue weighted by molar-refractivity contribution is 0.363. The van der Waals surface area contributed by atoms with Crippen LogP contribution in [0.5, 0.6) is 0 Å². The second-order valence-electron chi connectivity index (χ2n) is 18.2. The molecule has 0 aromatic carbocycles. The summed E-state index contributed by atoms with van der Waals surface area (Å²) in [6, 6.07) is 13.2. The van der Waals surface area contributed by atoms with E-state index in [4.69, 9.17) is 8.94 Å². The minimum Gasteiger partial charge on any atom is -0.466 e. The summed E-state index contributed by atoms with van der Waals surface area (Å²) in [7, 11) is 2.13. The lowest BCUT2D eigenvalue weighted by Gasteiger charge is -2.04. The zero-order chi connectivity index (χ0) is 43.0. The van der Waals surface area contributed by atoms with Crippen LogP contribution >= 0.6 is 0 Å². The summed E-state index contributed by atoms with van der Waals surface area (Å²) in [6.07, 6.45) is 4.28. The largest absolute Gasteiger partial charge is 0.466 e. The molecule has 0 aliphatic carbocycles. The van der Waals surface area contributed by atoms with Crippen LogP contribution in [0, 0.1) is 0 Å². The zero-order valence-corrected chi connectivity index (χ0v) is 39.4. The van der Waals surface area contributed by atoms with Crippen molar-refractivity contribution in [1.29, 1.82) is 0 Å². The van der Waals surface area contributed by atoms with Gasteiger partial charge in [-0.05, 0) is 85.3 Å². The lowest BCUT2D eigenvalue weighted by Crippen LogP contribution is -2.02. The summed E-state index contributed by atoms with van der Waals surface area (Å²) in [6.45, 7) is 43.2. The van der Waals surface area contributed by atoms with Crippen LogP contribution in [0.1, 0.15) is 257 Å². The van der Waals surface area contributed by atoms with Gasteiger partial charge >= 0.3 is 0 Å². The third-order valence-corrected chi connectivity index (χ3v) is 9.40. The fourth-order valence-electron chi connectivity index (χ4n) is 5.23. The highest BCUT2D eigenvalue weighted by molar-refractivity contribution is 5.23. The molecule has 0 aliphatic rings. The van der Waals surface area contributed by atoms with Gasteiger partial charge < -0.3 is 13.5 Å². The van der Waals surface area contributed by atoms with Crippen LogP contribution in [-0.2, 0) is 7.05 Å². The number of aryl methyl sites for hydroxylation is 1. The molecule has 0 bridgehead atoms. The molecule has 0 radical (unpaired) electrons. The Morgan fingerprint density at radius 3 is 1.28 bits per heavy atom. The van der Waals surface area contributed by atoms with Gasteiger partial charge in [-0.3, -0.25) is 9.78 Å². The fourth-order valence-corrected chi connectivity index (χ4v) is 5.23. The van der Waals surface area contributed by atoms with Gasteiger partial charge in [0.25, 0.3) is 0 Å². The van der Waals surface area contributed by atoms with Crippen molar-refractivity contribution in [2.24, 2.45) is 7.05 Å². The predicted molar refractivity (Wildman–Crippen MR) is 245 cm³/mol. The average Bonchev–Trinajstić information content (AvgIpc) is 3.94. The van der Waals surface area contributed by atoms with Crippen LogP contribution in [-0.4, -0.2) is 29.7 Å². The number of rotatable bonds is 10. The molecule has 5 aromatic rings. The first-order valence-electron chi connectivity index (χ1n) is 21.3. The van der Waals surface area contributed by atoms with Crippen molar-refractivity contribution in [3.05, 3.63) is 100 Å². The monoisotopic (exact) mass is 791 g/mol. The number of furan rings is 1. The molecule has 8 heteroatoms. The molecule has 5 rings (SSSR count). The van der Waals surface area contributed by atoms with Crippen LogP contribution < -0.4 is 0 Å². The normalized spacial score (nSPS) is 11.3. The third-order valence-electron chi connectivity index (χ3n) is 9.40. The molecular weight excluding hydrogens is 705 g/mol. The van der Waals surface area contributed by atoms with Gasteiger partial charge in [-0.1, -0.05) is 137 Å². The van der Waals surface area contributed by atoms with Crippen molar-refractivity contribution in [2.45, 2.75) is 205 Å². The number of nitrogens with one attached hydrogen (secondary N) is 1. The predicted octanol–water partition coefficient (Wildman–Crippen LogP) is 15.6. The maximum absolute atomic E-state index is 5.61. The third kappa shape index (κ3) is 18.5. The fraction of sp³-hybridized carbons (Fsp3) is 0.653. The lowest BCUT2D eigenvalue weighted by atomic mass is 10.1. The molecule has 1 N–H and O–H groups in total. The maximum atomic E-state index is 5.61. The molecule has 5 aromatic heterocycles. The number of hydrogen-bond donors (Lipinski definition) is 1. The van der Waals surface area contributed by atoms with Crippen LogP contribution in [0.3, 0.4) is 0 Å². The maximum Gasteiger partial charge on any atom is 0.139 e. The first-order valence-corrected chi connectivity index (χ1v) is 21.3. The molecular formula is C49H86N6O2. The summed E-state index contributed by atoms with van der Waals surface area (Å²) in [5.74, 6) is 7.96. The second-order valence-corrected chi connectivity index (χ2v) is 18.2. The van der Waals surface area contributed by atoms with Gasteiger partial charge in [0.05, 0.1) is 17.1 Å². The molecule has 5 heterocycles. The highest BCUT2D eigenvalue weighted by Crippen LogP contribution is 2.24. The van der Waals surface area contributed by atoms with Crippen molar-refractivity contribution >= 4 is 0 Å². The van der Waals surface area contributed by atoms with Crippen LogP contribution in [0.4, 0.5) is 0 Å². The molecule has 324 valence electrons. The van der Waals surface area contributed by atoms with Gasteiger partial charge in [0.15, 0.2) is 0 Å². The van der Waals surface area contributed by atoms with E-state index in [9.17, 15) is 0 Å². The number of H-pyrrole nitrogens is 1. The molecule has 0 spiro atoms. The molecule has 8 nitrogen and oxygen atoms in total. The number of aromatic amines is 1. The van der Waals surface area contributed by atoms with Crippen molar-refractivity contribution < 1.29 is 8.94 Å². The van der Waals surface area contributed by atoms with Crippen LogP contribution in [0.15, 0.2) is 57.7 Å². The van der Waals surface area contributed by atoms with Crippen molar-refractivity contribution in [1.82, 2.24) is 29.7 Å². The summed E-state index contributed by atoms with van der Waals surface area (Å²) in [5, 5.41) is 15.6. The molecule has 0 atom stereocenters.